The number of carbonyl (C=O) groups excluding carboxylic acids is 4. The third kappa shape index (κ3) is 7.29. The van der Waals surface area contributed by atoms with Crippen molar-refractivity contribution in [3.05, 3.63) is 59.9 Å². The molecule has 3 aromatic rings. The number of nitrogens with one attached hydrogen (secondary N) is 3. The molecule has 15 nitrogen and oxygen atoms in total. The van der Waals surface area contributed by atoms with Crippen molar-refractivity contribution < 1.29 is 41.2 Å². The summed E-state index contributed by atoms with van der Waals surface area (Å²) in [6.07, 6.45) is 8.30. The summed E-state index contributed by atoms with van der Waals surface area (Å²) in [5, 5.41) is 8.59. The quantitative estimate of drug-likeness (QED) is 0.302. The average Bonchev–Trinajstić information content (AvgIpc) is 3.95. The Morgan fingerprint density at radius 2 is 1.92 bits per heavy atom. The van der Waals surface area contributed by atoms with Gasteiger partial charge in [-0.25, -0.2) is 22.8 Å². The number of ether oxygens (including phenoxy) is 1. The number of benzene rings is 1. The van der Waals surface area contributed by atoms with Gasteiger partial charge in [0.2, 0.25) is 27.7 Å². The maximum absolute atomic E-state index is 14.4. The Hall–Kier alpha value is -4.93. The van der Waals surface area contributed by atoms with Crippen LogP contribution in [-0.4, -0.2) is 87.6 Å². The number of nitrogens with zero attached hydrogens (tertiary/aromatic N) is 4. The first-order chi connectivity index (χ1) is 24.4. The first-order valence-corrected chi connectivity index (χ1v) is 18.7. The minimum atomic E-state index is -3.91. The van der Waals surface area contributed by atoms with E-state index in [1.807, 2.05) is 12.2 Å². The van der Waals surface area contributed by atoms with Crippen LogP contribution in [0.5, 0.6) is 5.88 Å². The van der Waals surface area contributed by atoms with Gasteiger partial charge in [0.05, 0.1) is 22.8 Å². The molecule has 2 aliphatic carbocycles. The topological polar surface area (TPSA) is 203 Å². The van der Waals surface area contributed by atoms with Crippen LogP contribution in [0.1, 0.15) is 74.0 Å². The Morgan fingerprint density at radius 1 is 1.10 bits per heavy atom. The highest BCUT2D eigenvalue weighted by Crippen LogP contribution is 2.46. The molecular formula is C34H38FN7O8S. The number of carbonyl (C=O) groups is 4. The Bertz CT molecular complexity index is 2000. The van der Waals surface area contributed by atoms with Crippen LogP contribution in [0.3, 0.4) is 0 Å². The predicted octanol–water partition coefficient (Wildman–Crippen LogP) is 2.22. The Kier molecular flexibility index (Phi) is 9.24. The molecular weight excluding hydrogens is 685 g/mol. The highest BCUT2D eigenvalue weighted by molar-refractivity contribution is 7.91. The first-order valence-electron chi connectivity index (χ1n) is 17.1. The van der Waals surface area contributed by atoms with Gasteiger partial charge < -0.3 is 24.8 Å². The highest BCUT2D eigenvalue weighted by atomic mass is 32.2. The summed E-state index contributed by atoms with van der Waals surface area (Å²) in [5.74, 6) is -3.53. The molecule has 2 aromatic heterocycles. The minimum absolute atomic E-state index is 0.0172. The maximum atomic E-state index is 14.4. The molecule has 0 unspecified atom stereocenters. The third-order valence-electron chi connectivity index (χ3n) is 9.85. The standard InChI is InChI=1S/C34H38FN7O8S/c1-19-31(38-27-15-21(35)9-12-24(27)36-19)50-22-16-28-30(44)39-34(33(46)41-51(47,48)23-10-11-23)17-20(34)7-5-3-2-4-6-8-26(32(45)42(28)18-22)37-29(43)25-13-14-49-40-25/h5,7,9,12-15,20,22-23,26,28H,2-4,6,8,10-11,16-18H2,1H3,(H,37,43)(H,39,44)(H,41,46)/b7-5-/t20-,22-,26+,28+,34-/m1/s1. The van der Waals surface area contributed by atoms with Crippen molar-refractivity contribution in [3.8, 4) is 5.88 Å². The van der Waals surface area contributed by atoms with Crippen LogP contribution in [0.25, 0.3) is 11.0 Å². The summed E-state index contributed by atoms with van der Waals surface area (Å²) in [7, 11) is -3.91. The summed E-state index contributed by atoms with van der Waals surface area (Å²) >= 11 is 0. The van der Waals surface area contributed by atoms with Crippen molar-refractivity contribution in [1.82, 2.24) is 35.4 Å². The molecule has 51 heavy (non-hydrogen) atoms. The zero-order chi connectivity index (χ0) is 35.9. The molecule has 0 spiro atoms. The van der Waals surface area contributed by atoms with E-state index in [-0.39, 0.29) is 42.9 Å². The fraction of sp³-hybridized carbons (Fsp3) is 0.500. The van der Waals surface area contributed by atoms with E-state index in [1.165, 1.54) is 35.4 Å². The van der Waals surface area contributed by atoms with Crippen molar-refractivity contribution in [1.29, 1.82) is 0 Å². The number of hydrogen-bond donors (Lipinski definition) is 3. The number of aromatic nitrogens is 3. The number of hydrogen-bond acceptors (Lipinski definition) is 11. The number of sulfonamides is 1. The molecule has 4 amide bonds. The van der Waals surface area contributed by atoms with E-state index < -0.39 is 74.4 Å². The third-order valence-corrected chi connectivity index (χ3v) is 11.7. The number of rotatable bonds is 7. The van der Waals surface area contributed by atoms with E-state index >= 15 is 0 Å². The molecule has 4 aliphatic rings. The van der Waals surface area contributed by atoms with Crippen LogP contribution >= 0.6 is 0 Å². The lowest BCUT2D eigenvalue weighted by Gasteiger charge is -2.29. The van der Waals surface area contributed by atoms with Crippen LogP contribution in [0.4, 0.5) is 4.39 Å². The molecule has 7 rings (SSSR count). The molecule has 0 radical (unpaired) electrons. The van der Waals surface area contributed by atoms with Gasteiger partial charge in [0, 0.05) is 24.5 Å². The fourth-order valence-corrected chi connectivity index (χ4v) is 8.14. The number of halogens is 1. The van der Waals surface area contributed by atoms with E-state index in [0.29, 0.717) is 36.9 Å². The van der Waals surface area contributed by atoms with Crippen LogP contribution < -0.4 is 20.1 Å². The Morgan fingerprint density at radius 3 is 2.69 bits per heavy atom. The van der Waals surface area contributed by atoms with Gasteiger partial charge in [-0.15, -0.1) is 0 Å². The van der Waals surface area contributed by atoms with Gasteiger partial charge in [-0.3, -0.25) is 23.9 Å². The molecule has 5 atom stereocenters. The second-order valence-corrected chi connectivity index (χ2v) is 15.6. The first kappa shape index (κ1) is 34.5. The molecule has 4 heterocycles. The van der Waals surface area contributed by atoms with Crippen molar-refractivity contribution >= 4 is 44.7 Å². The van der Waals surface area contributed by atoms with Gasteiger partial charge in [0.15, 0.2) is 5.69 Å². The van der Waals surface area contributed by atoms with Crippen LogP contribution in [0.15, 0.2) is 47.2 Å². The molecule has 0 bridgehead atoms. The molecule has 17 heteroatoms. The molecule has 2 saturated carbocycles. The molecule has 3 fully saturated rings. The number of allylic oxidation sites excluding steroid dienone is 1. The van der Waals surface area contributed by atoms with Gasteiger partial charge in [-0.1, -0.05) is 30.2 Å². The van der Waals surface area contributed by atoms with Gasteiger partial charge in [-0.2, -0.15) is 0 Å². The Balaban J connectivity index is 1.19. The SMILES string of the molecule is Cc1nc2ccc(F)cc2nc1O[C@@H]1C[C@H]2C(=O)N[C@]3(C(=O)NS(=O)(=O)C4CC4)C[C@H]3/C=C\CCCCC[C@H](NC(=O)c3ccon3)C(=O)N2C1. The lowest BCUT2D eigenvalue weighted by Crippen LogP contribution is -2.58. The molecule has 3 N–H and O–H groups in total. The summed E-state index contributed by atoms with van der Waals surface area (Å²) < 4.78 is 52.7. The zero-order valence-electron chi connectivity index (χ0n) is 27.8. The van der Waals surface area contributed by atoms with E-state index in [1.54, 1.807) is 6.92 Å². The Labute approximate surface area is 292 Å². The van der Waals surface area contributed by atoms with Crippen molar-refractivity contribution in [2.24, 2.45) is 5.92 Å². The van der Waals surface area contributed by atoms with E-state index in [9.17, 15) is 32.0 Å². The minimum Gasteiger partial charge on any atom is -0.471 e. The lowest BCUT2D eigenvalue weighted by atomic mass is 10.0. The largest absolute Gasteiger partial charge is 0.471 e. The van der Waals surface area contributed by atoms with E-state index in [4.69, 9.17) is 9.26 Å². The van der Waals surface area contributed by atoms with Crippen LogP contribution in [0, 0.1) is 18.7 Å². The summed E-state index contributed by atoms with van der Waals surface area (Å²) in [4.78, 5) is 65.5. The zero-order valence-corrected chi connectivity index (χ0v) is 28.7. The van der Waals surface area contributed by atoms with Crippen LogP contribution in [-0.2, 0) is 24.4 Å². The van der Waals surface area contributed by atoms with Gasteiger partial charge >= 0.3 is 0 Å². The van der Waals surface area contributed by atoms with Crippen molar-refractivity contribution in [2.45, 2.75) is 93.7 Å². The summed E-state index contributed by atoms with van der Waals surface area (Å²) in [6, 6.07) is 3.16. The van der Waals surface area contributed by atoms with Gasteiger partial charge in [0.1, 0.15) is 41.5 Å². The number of fused-ring (bicyclic) bond motifs is 3. The predicted molar refractivity (Wildman–Crippen MR) is 178 cm³/mol. The summed E-state index contributed by atoms with van der Waals surface area (Å²) in [5.41, 5.74) is -0.423. The monoisotopic (exact) mass is 723 g/mol. The summed E-state index contributed by atoms with van der Waals surface area (Å²) in [6.45, 7) is 1.58. The second kappa shape index (κ2) is 13.7. The van der Waals surface area contributed by atoms with Gasteiger partial charge in [-0.05, 0) is 57.6 Å². The lowest BCUT2D eigenvalue weighted by molar-refractivity contribution is -0.141. The fourth-order valence-electron chi connectivity index (χ4n) is 6.78. The molecule has 2 aliphatic heterocycles. The van der Waals surface area contributed by atoms with Crippen molar-refractivity contribution in [3.63, 3.8) is 0 Å². The van der Waals surface area contributed by atoms with E-state index in [0.717, 1.165) is 12.8 Å². The average molecular weight is 724 g/mol. The smallest absolute Gasteiger partial charge is 0.274 e. The normalized spacial score (nSPS) is 27.7. The maximum Gasteiger partial charge on any atom is 0.274 e. The van der Waals surface area contributed by atoms with E-state index in [2.05, 4.69) is 30.5 Å². The van der Waals surface area contributed by atoms with Crippen LogP contribution in [0.2, 0.25) is 0 Å². The van der Waals surface area contributed by atoms with Crippen molar-refractivity contribution in [2.75, 3.05) is 6.54 Å². The molecule has 1 saturated heterocycles. The number of aryl methyl sites for hydroxylation is 1. The highest BCUT2D eigenvalue weighted by Gasteiger charge is 2.62. The molecule has 1 aromatic carbocycles. The van der Waals surface area contributed by atoms with Gasteiger partial charge in [0.25, 0.3) is 11.8 Å². The second-order valence-electron chi connectivity index (χ2n) is 13.7. The number of amides is 4. The molecule has 270 valence electrons.